The number of ether oxygens (including phenoxy) is 2. The molecule has 0 saturated heterocycles. The maximum absolute atomic E-state index is 9.99. The van der Waals surface area contributed by atoms with Gasteiger partial charge >= 0.3 is 0 Å². The van der Waals surface area contributed by atoms with Crippen molar-refractivity contribution in [3.63, 3.8) is 0 Å². The van der Waals surface area contributed by atoms with Gasteiger partial charge in [-0.2, -0.15) is 0 Å². The number of halogens is 1. The zero-order valence-corrected chi connectivity index (χ0v) is 12.0. The highest BCUT2D eigenvalue weighted by Crippen LogP contribution is 2.37. The third-order valence-corrected chi connectivity index (χ3v) is 3.29. The fourth-order valence-electron chi connectivity index (χ4n) is 1.50. The molecule has 1 rings (SSSR count). The van der Waals surface area contributed by atoms with E-state index in [0.29, 0.717) is 21.5 Å². The first-order chi connectivity index (χ1) is 9.04. The smallest absolute Gasteiger partial charge is 0.137 e. The van der Waals surface area contributed by atoms with Crippen molar-refractivity contribution >= 4 is 15.9 Å². The molecule has 0 fully saturated rings. The van der Waals surface area contributed by atoms with Gasteiger partial charge in [-0.1, -0.05) is 5.11 Å². The summed E-state index contributed by atoms with van der Waals surface area (Å²) >= 11 is 3.30. The van der Waals surface area contributed by atoms with E-state index in [0.717, 1.165) is 0 Å². The molecule has 0 amide bonds. The van der Waals surface area contributed by atoms with Gasteiger partial charge in [0.15, 0.2) is 0 Å². The third-order valence-electron chi connectivity index (χ3n) is 2.51. The first-order valence-electron chi connectivity index (χ1n) is 5.33. The Balaban J connectivity index is 3.08. The summed E-state index contributed by atoms with van der Waals surface area (Å²) in [4.78, 5) is 2.53. The predicted octanol–water partition coefficient (Wildman–Crippen LogP) is 2.17. The number of aliphatic hydroxyl groups is 2. The zero-order chi connectivity index (χ0) is 14.4. The Kier molecular flexibility index (Phi) is 5.91. The number of nitrogens with zero attached hydrogens (tertiary/aromatic N) is 3. The van der Waals surface area contributed by atoms with Crippen molar-refractivity contribution in [3.8, 4) is 11.5 Å². The molecule has 0 aliphatic heterocycles. The quantitative estimate of drug-likeness (QED) is 0.473. The molecule has 0 aliphatic rings. The summed E-state index contributed by atoms with van der Waals surface area (Å²) in [6, 6.07) is 3.13. The number of hydrogen-bond donors (Lipinski definition) is 2. The molecule has 2 N–H and O–H groups in total. The van der Waals surface area contributed by atoms with Crippen LogP contribution in [0.2, 0.25) is 0 Å². The van der Waals surface area contributed by atoms with Gasteiger partial charge in [-0.3, -0.25) is 0 Å². The van der Waals surface area contributed by atoms with E-state index in [4.69, 9.17) is 15.0 Å². The summed E-state index contributed by atoms with van der Waals surface area (Å²) < 4.78 is 10.9. The van der Waals surface area contributed by atoms with E-state index in [1.807, 2.05) is 0 Å². The van der Waals surface area contributed by atoms with Crippen molar-refractivity contribution < 1.29 is 19.7 Å². The van der Waals surface area contributed by atoms with Crippen molar-refractivity contribution in [1.29, 1.82) is 0 Å². The number of hydrogen-bond acceptors (Lipinski definition) is 5. The van der Waals surface area contributed by atoms with Crippen LogP contribution < -0.4 is 9.47 Å². The van der Waals surface area contributed by atoms with E-state index in [9.17, 15) is 10.2 Å². The molecule has 0 aromatic heterocycles. The van der Waals surface area contributed by atoms with E-state index in [-0.39, 0.29) is 6.54 Å². The first-order valence-corrected chi connectivity index (χ1v) is 6.12. The Morgan fingerprint density at radius 3 is 2.26 bits per heavy atom. The van der Waals surface area contributed by atoms with E-state index in [1.54, 1.807) is 12.1 Å². The number of aliphatic hydroxyl groups excluding tert-OH is 2. The van der Waals surface area contributed by atoms with Crippen molar-refractivity contribution in [1.82, 2.24) is 0 Å². The van der Waals surface area contributed by atoms with E-state index < -0.39 is 12.2 Å². The van der Waals surface area contributed by atoms with Gasteiger partial charge in [-0.05, 0) is 39.2 Å². The molecule has 2 atom stereocenters. The fraction of sp³-hybridized carbons (Fsp3) is 0.455. The molecule has 0 bridgehead atoms. The molecule has 1 aromatic rings. The van der Waals surface area contributed by atoms with Crippen LogP contribution in [0.4, 0.5) is 0 Å². The Labute approximate surface area is 118 Å². The molecule has 8 heteroatoms. The number of rotatable bonds is 6. The summed E-state index contributed by atoms with van der Waals surface area (Å²) in [7, 11) is 2.96. The average Bonchev–Trinajstić information content (AvgIpc) is 2.44. The van der Waals surface area contributed by atoms with Crippen LogP contribution in [0.1, 0.15) is 11.7 Å². The Morgan fingerprint density at radius 1 is 1.32 bits per heavy atom. The van der Waals surface area contributed by atoms with Gasteiger partial charge in [0.2, 0.25) is 0 Å². The maximum Gasteiger partial charge on any atom is 0.137 e. The number of azide groups is 1. The average molecular weight is 332 g/mol. The molecule has 1 aromatic carbocycles. The number of benzene rings is 1. The van der Waals surface area contributed by atoms with Gasteiger partial charge in [0.1, 0.15) is 22.1 Å². The van der Waals surface area contributed by atoms with Gasteiger partial charge in [0.25, 0.3) is 0 Å². The van der Waals surface area contributed by atoms with E-state index >= 15 is 0 Å². The Morgan fingerprint density at radius 2 is 1.84 bits per heavy atom. The molecule has 19 heavy (non-hydrogen) atoms. The minimum atomic E-state index is -1.21. The summed E-state index contributed by atoms with van der Waals surface area (Å²) in [6.07, 6.45) is -2.41. The Bertz CT molecular complexity index is 466. The van der Waals surface area contributed by atoms with E-state index in [1.165, 1.54) is 14.2 Å². The lowest BCUT2D eigenvalue weighted by Crippen LogP contribution is -2.21. The van der Waals surface area contributed by atoms with Crippen LogP contribution in [-0.4, -0.2) is 37.1 Å². The van der Waals surface area contributed by atoms with Crippen LogP contribution in [0.3, 0.4) is 0 Å². The molecular weight excluding hydrogens is 318 g/mol. The predicted molar refractivity (Wildman–Crippen MR) is 72.2 cm³/mol. The van der Waals surface area contributed by atoms with Crippen molar-refractivity contribution in [2.45, 2.75) is 12.2 Å². The maximum atomic E-state index is 9.99. The minimum Gasteiger partial charge on any atom is -0.495 e. The van der Waals surface area contributed by atoms with Crippen LogP contribution in [-0.2, 0) is 0 Å². The van der Waals surface area contributed by atoms with Gasteiger partial charge in [-0.25, -0.2) is 0 Å². The summed E-state index contributed by atoms with van der Waals surface area (Å²) in [6.45, 7) is -0.224. The minimum absolute atomic E-state index is 0.224. The van der Waals surface area contributed by atoms with Gasteiger partial charge in [0.05, 0.1) is 26.9 Å². The van der Waals surface area contributed by atoms with Gasteiger partial charge in [-0.15, -0.1) is 0 Å². The van der Waals surface area contributed by atoms with Crippen molar-refractivity contribution in [2.75, 3.05) is 20.8 Å². The monoisotopic (exact) mass is 331 g/mol. The van der Waals surface area contributed by atoms with E-state index in [2.05, 4.69) is 26.0 Å². The lowest BCUT2D eigenvalue weighted by Gasteiger charge is -2.19. The molecule has 0 radical (unpaired) electrons. The fourth-order valence-corrected chi connectivity index (χ4v) is 2.06. The Hall–Kier alpha value is -1.47. The normalized spacial score (nSPS) is 13.3. The van der Waals surface area contributed by atoms with Crippen LogP contribution >= 0.6 is 15.9 Å². The molecule has 0 aliphatic carbocycles. The van der Waals surface area contributed by atoms with Crippen molar-refractivity contribution in [2.24, 2.45) is 5.11 Å². The SMILES string of the molecule is COc1cc(C(O)C(O)CN=[N+]=[N-])cc(OC)c1Br. The van der Waals surface area contributed by atoms with Gasteiger partial charge < -0.3 is 19.7 Å². The molecule has 0 spiro atoms. The largest absolute Gasteiger partial charge is 0.495 e. The summed E-state index contributed by atoms with van der Waals surface area (Å²) in [5, 5.41) is 22.9. The molecular formula is C11H14BrN3O4. The molecule has 0 saturated carbocycles. The lowest BCUT2D eigenvalue weighted by molar-refractivity contribution is 0.0242. The second kappa shape index (κ2) is 7.20. The molecule has 2 unspecified atom stereocenters. The first kappa shape index (κ1) is 15.6. The molecule has 104 valence electrons. The second-order valence-corrected chi connectivity index (χ2v) is 4.46. The van der Waals surface area contributed by atoms with Crippen LogP contribution in [0, 0.1) is 0 Å². The van der Waals surface area contributed by atoms with Crippen LogP contribution in [0.5, 0.6) is 11.5 Å². The zero-order valence-electron chi connectivity index (χ0n) is 10.4. The van der Waals surface area contributed by atoms with Crippen LogP contribution in [0.25, 0.3) is 10.4 Å². The number of methoxy groups -OCH3 is 2. The van der Waals surface area contributed by atoms with Crippen LogP contribution in [0.15, 0.2) is 21.7 Å². The molecule has 7 nitrogen and oxygen atoms in total. The molecule has 0 heterocycles. The lowest BCUT2D eigenvalue weighted by atomic mass is 10.0. The van der Waals surface area contributed by atoms with Crippen molar-refractivity contribution in [3.05, 3.63) is 32.6 Å². The standard InChI is InChI=1S/C11H14BrN3O4/c1-18-8-3-6(4-9(19-2)10(8)12)11(17)7(16)5-14-15-13/h3-4,7,11,16-17H,5H2,1-2H3. The summed E-state index contributed by atoms with van der Waals surface area (Å²) in [5.41, 5.74) is 8.59. The highest BCUT2D eigenvalue weighted by Gasteiger charge is 2.21. The highest BCUT2D eigenvalue weighted by atomic mass is 79.9. The highest BCUT2D eigenvalue weighted by molar-refractivity contribution is 9.10. The summed E-state index contributed by atoms with van der Waals surface area (Å²) in [5.74, 6) is 0.925. The topological polar surface area (TPSA) is 108 Å². The van der Waals surface area contributed by atoms with Gasteiger partial charge in [0, 0.05) is 4.91 Å². The second-order valence-electron chi connectivity index (χ2n) is 3.67. The third kappa shape index (κ3) is 3.74.